The summed E-state index contributed by atoms with van der Waals surface area (Å²) in [4.78, 5) is 16.1. The van der Waals surface area contributed by atoms with Crippen molar-refractivity contribution in [3.8, 4) is 6.07 Å². The first-order valence-corrected chi connectivity index (χ1v) is 8.27. The quantitative estimate of drug-likeness (QED) is 0.799. The Labute approximate surface area is 146 Å². The third kappa shape index (κ3) is 3.37. The predicted octanol–water partition coefficient (Wildman–Crippen LogP) is 3.74. The van der Waals surface area contributed by atoms with E-state index >= 15 is 0 Å². The fraction of sp³-hybridized carbons (Fsp3) is 0.263. The molecule has 0 atom stereocenters. The van der Waals surface area contributed by atoms with Crippen LogP contribution < -0.4 is 9.80 Å². The Balaban J connectivity index is 1.77. The van der Waals surface area contributed by atoms with Gasteiger partial charge in [-0.1, -0.05) is 11.6 Å². The fourth-order valence-electron chi connectivity index (χ4n) is 2.96. The van der Waals surface area contributed by atoms with Gasteiger partial charge in [0.15, 0.2) is 5.78 Å². The number of hydrogen-bond acceptors (Lipinski definition) is 4. The van der Waals surface area contributed by atoms with Crippen molar-refractivity contribution in [1.82, 2.24) is 0 Å². The van der Waals surface area contributed by atoms with Gasteiger partial charge in [-0.25, -0.2) is 0 Å². The maximum absolute atomic E-state index is 11.6. The molecule has 0 unspecified atom stereocenters. The van der Waals surface area contributed by atoms with Gasteiger partial charge in [0.25, 0.3) is 0 Å². The molecular formula is C19H18ClN3O. The van der Waals surface area contributed by atoms with E-state index in [1.54, 1.807) is 19.1 Å². The summed E-state index contributed by atoms with van der Waals surface area (Å²) < 4.78 is 0. The highest BCUT2D eigenvalue weighted by molar-refractivity contribution is 6.30. The molecule has 1 heterocycles. The molecule has 122 valence electrons. The molecule has 0 saturated carbocycles. The van der Waals surface area contributed by atoms with Crippen LogP contribution in [0.15, 0.2) is 42.5 Å². The zero-order valence-electron chi connectivity index (χ0n) is 13.5. The highest BCUT2D eigenvalue weighted by Gasteiger charge is 2.20. The van der Waals surface area contributed by atoms with Gasteiger partial charge in [-0.3, -0.25) is 4.79 Å². The number of halogens is 1. The van der Waals surface area contributed by atoms with Crippen LogP contribution in [0.3, 0.4) is 0 Å². The SMILES string of the molecule is CC(=O)c1ccc(C#N)c(N2CCN(c3ccc(Cl)cc3)CC2)c1. The summed E-state index contributed by atoms with van der Waals surface area (Å²) in [5.74, 6) is 0.0144. The van der Waals surface area contributed by atoms with Crippen LogP contribution in [-0.2, 0) is 0 Å². The van der Waals surface area contributed by atoms with Crippen molar-refractivity contribution in [2.75, 3.05) is 36.0 Å². The number of hydrogen-bond donors (Lipinski definition) is 0. The first-order chi connectivity index (χ1) is 11.6. The van der Waals surface area contributed by atoms with Gasteiger partial charge < -0.3 is 9.80 Å². The number of carbonyl (C=O) groups excluding carboxylic acids is 1. The zero-order chi connectivity index (χ0) is 17.1. The van der Waals surface area contributed by atoms with Crippen LogP contribution >= 0.6 is 11.6 Å². The average Bonchev–Trinajstić information content (AvgIpc) is 2.62. The minimum absolute atomic E-state index is 0.0144. The Hall–Kier alpha value is -2.51. The summed E-state index contributed by atoms with van der Waals surface area (Å²) in [6.45, 7) is 4.87. The van der Waals surface area contributed by atoms with Gasteiger partial charge in [-0.15, -0.1) is 0 Å². The van der Waals surface area contributed by atoms with E-state index < -0.39 is 0 Å². The molecule has 4 nitrogen and oxygen atoms in total. The molecule has 0 bridgehead atoms. The van der Waals surface area contributed by atoms with E-state index in [1.807, 2.05) is 30.3 Å². The van der Waals surface area contributed by atoms with E-state index in [2.05, 4.69) is 15.9 Å². The first kappa shape index (κ1) is 16.4. The van der Waals surface area contributed by atoms with Crippen molar-refractivity contribution in [1.29, 1.82) is 5.26 Å². The van der Waals surface area contributed by atoms with Crippen LogP contribution in [-0.4, -0.2) is 32.0 Å². The van der Waals surface area contributed by atoms with E-state index in [1.165, 1.54) is 0 Å². The molecule has 5 heteroatoms. The van der Waals surface area contributed by atoms with E-state index in [0.29, 0.717) is 11.1 Å². The number of anilines is 2. The van der Waals surface area contributed by atoms with Crippen LogP contribution in [0.4, 0.5) is 11.4 Å². The van der Waals surface area contributed by atoms with Crippen LogP contribution in [0.5, 0.6) is 0 Å². The topological polar surface area (TPSA) is 47.3 Å². The lowest BCUT2D eigenvalue weighted by Crippen LogP contribution is -2.46. The van der Waals surface area contributed by atoms with Gasteiger partial charge >= 0.3 is 0 Å². The van der Waals surface area contributed by atoms with Crippen LogP contribution in [0.25, 0.3) is 0 Å². The normalized spacial score (nSPS) is 14.4. The van der Waals surface area contributed by atoms with E-state index in [4.69, 9.17) is 11.6 Å². The Morgan fingerprint density at radius 2 is 1.67 bits per heavy atom. The van der Waals surface area contributed by atoms with Gasteiger partial charge in [0, 0.05) is 42.5 Å². The van der Waals surface area contributed by atoms with Crippen molar-refractivity contribution >= 4 is 28.8 Å². The molecule has 0 amide bonds. The first-order valence-electron chi connectivity index (χ1n) is 7.89. The molecule has 2 aromatic carbocycles. The second-order valence-electron chi connectivity index (χ2n) is 5.85. The smallest absolute Gasteiger partial charge is 0.159 e. The number of piperazine rings is 1. The largest absolute Gasteiger partial charge is 0.368 e. The monoisotopic (exact) mass is 339 g/mol. The lowest BCUT2D eigenvalue weighted by atomic mass is 10.1. The van der Waals surface area contributed by atoms with Gasteiger partial charge in [0.2, 0.25) is 0 Å². The third-order valence-corrected chi connectivity index (χ3v) is 4.59. The summed E-state index contributed by atoms with van der Waals surface area (Å²) in [5.41, 5.74) is 3.25. The van der Waals surface area contributed by atoms with Gasteiger partial charge in [0.1, 0.15) is 6.07 Å². The number of nitrogens with zero attached hydrogens (tertiary/aromatic N) is 3. The van der Waals surface area contributed by atoms with Crippen molar-refractivity contribution in [2.24, 2.45) is 0 Å². The Morgan fingerprint density at radius 1 is 1.04 bits per heavy atom. The number of Topliss-reactive ketones (excluding diaryl/α,β-unsaturated/α-hetero) is 1. The van der Waals surface area contributed by atoms with Gasteiger partial charge in [-0.2, -0.15) is 5.26 Å². The molecule has 1 saturated heterocycles. The minimum Gasteiger partial charge on any atom is -0.368 e. The second-order valence-corrected chi connectivity index (χ2v) is 6.29. The molecule has 0 radical (unpaired) electrons. The summed E-state index contributed by atoms with van der Waals surface area (Å²) in [5, 5.41) is 10.1. The van der Waals surface area contributed by atoms with Crippen molar-refractivity contribution in [2.45, 2.75) is 6.92 Å². The summed E-state index contributed by atoms with van der Waals surface area (Å²) >= 11 is 5.94. The summed E-state index contributed by atoms with van der Waals surface area (Å²) in [6, 6.07) is 15.3. The molecule has 3 rings (SSSR count). The molecule has 0 aliphatic carbocycles. The molecule has 1 fully saturated rings. The van der Waals surface area contributed by atoms with Crippen molar-refractivity contribution in [3.63, 3.8) is 0 Å². The minimum atomic E-state index is 0.0144. The number of rotatable bonds is 3. The lowest BCUT2D eigenvalue weighted by molar-refractivity contribution is 0.101. The van der Waals surface area contributed by atoms with E-state index in [-0.39, 0.29) is 5.78 Å². The Morgan fingerprint density at radius 3 is 2.25 bits per heavy atom. The molecule has 0 N–H and O–H groups in total. The Bertz CT molecular complexity index is 787. The van der Waals surface area contributed by atoms with Crippen molar-refractivity contribution < 1.29 is 4.79 Å². The maximum atomic E-state index is 11.6. The molecular weight excluding hydrogens is 322 g/mol. The van der Waals surface area contributed by atoms with Crippen LogP contribution in [0.1, 0.15) is 22.8 Å². The Kier molecular flexibility index (Phi) is 4.73. The number of ketones is 1. The molecule has 2 aromatic rings. The van der Waals surface area contributed by atoms with Crippen LogP contribution in [0.2, 0.25) is 5.02 Å². The van der Waals surface area contributed by atoms with Gasteiger partial charge in [-0.05, 0) is 49.4 Å². The highest BCUT2D eigenvalue weighted by atomic mass is 35.5. The standard InChI is InChI=1S/C19H18ClN3O/c1-14(24)15-2-3-16(13-21)19(12-15)23-10-8-22(9-11-23)18-6-4-17(20)5-7-18/h2-7,12H,8-11H2,1H3. The average molecular weight is 340 g/mol. The van der Waals surface area contributed by atoms with Gasteiger partial charge in [0.05, 0.1) is 11.3 Å². The second kappa shape index (κ2) is 6.94. The number of benzene rings is 2. The third-order valence-electron chi connectivity index (χ3n) is 4.34. The fourth-order valence-corrected chi connectivity index (χ4v) is 3.09. The molecule has 1 aliphatic heterocycles. The predicted molar refractivity (Wildman–Crippen MR) is 97.0 cm³/mol. The molecule has 0 aromatic heterocycles. The lowest BCUT2D eigenvalue weighted by Gasteiger charge is -2.37. The number of carbonyl (C=O) groups is 1. The molecule has 0 spiro atoms. The highest BCUT2D eigenvalue weighted by Crippen LogP contribution is 2.25. The molecule has 24 heavy (non-hydrogen) atoms. The van der Waals surface area contributed by atoms with E-state index in [9.17, 15) is 10.1 Å². The maximum Gasteiger partial charge on any atom is 0.159 e. The van der Waals surface area contributed by atoms with Crippen molar-refractivity contribution in [3.05, 3.63) is 58.6 Å². The summed E-state index contributed by atoms with van der Waals surface area (Å²) in [7, 11) is 0. The zero-order valence-corrected chi connectivity index (χ0v) is 14.3. The summed E-state index contributed by atoms with van der Waals surface area (Å²) in [6.07, 6.45) is 0. The number of nitriles is 1. The van der Waals surface area contributed by atoms with E-state index in [0.717, 1.165) is 42.6 Å². The van der Waals surface area contributed by atoms with Crippen LogP contribution in [0, 0.1) is 11.3 Å². The molecule has 1 aliphatic rings.